The van der Waals surface area contributed by atoms with Gasteiger partial charge in [0, 0.05) is 31.5 Å². The van der Waals surface area contributed by atoms with E-state index in [2.05, 4.69) is 31.1 Å². The molecule has 0 aromatic carbocycles. The van der Waals surface area contributed by atoms with Gasteiger partial charge in [-0.15, -0.1) is 0 Å². The fourth-order valence-corrected chi connectivity index (χ4v) is 1.72. The quantitative estimate of drug-likeness (QED) is 0.822. The van der Waals surface area contributed by atoms with Crippen LogP contribution < -0.4 is 5.32 Å². The molecule has 106 valence electrons. The van der Waals surface area contributed by atoms with Gasteiger partial charge in [-0.05, 0) is 31.9 Å². The van der Waals surface area contributed by atoms with E-state index in [-0.39, 0.29) is 5.91 Å². The number of carbonyl (C=O) groups excluding carboxylic acids is 1. The average Bonchev–Trinajstić information content (AvgIpc) is 2.44. The van der Waals surface area contributed by atoms with Gasteiger partial charge in [0.25, 0.3) is 5.91 Å². The van der Waals surface area contributed by atoms with E-state index in [9.17, 15) is 4.79 Å². The first-order valence-electron chi connectivity index (χ1n) is 7.06. The molecule has 1 atom stereocenters. The minimum atomic E-state index is -0.0127. The minimum absolute atomic E-state index is 0.0127. The summed E-state index contributed by atoms with van der Waals surface area (Å²) in [5.41, 5.74) is 1.46. The van der Waals surface area contributed by atoms with Crippen LogP contribution >= 0.6 is 0 Å². The number of rotatable bonds is 7. The summed E-state index contributed by atoms with van der Waals surface area (Å²) in [7, 11) is 1.83. The molecule has 1 amide bonds. The summed E-state index contributed by atoms with van der Waals surface area (Å²) >= 11 is 0. The van der Waals surface area contributed by atoms with Gasteiger partial charge >= 0.3 is 0 Å². The minimum Gasteiger partial charge on any atom is -0.382 e. The number of anilines is 1. The fraction of sp³-hybridized carbons (Fsp3) is 0.600. The summed E-state index contributed by atoms with van der Waals surface area (Å²) in [5.74, 6) is -0.0127. The molecule has 1 heterocycles. The van der Waals surface area contributed by atoms with E-state index in [0.717, 1.165) is 31.5 Å². The van der Waals surface area contributed by atoms with Crippen molar-refractivity contribution in [3.63, 3.8) is 0 Å². The van der Waals surface area contributed by atoms with Crippen LogP contribution in [0.4, 0.5) is 5.69 Å². The van der Waals surface area contributed by atoms with Crippen molar-refractivity contribution in [1.29, 1.82) is 0 Å². The maximum atomic E-state index is 12.2. The Bertz CT molecular complexity index is 406. The third-order valence-electron chi connectivity index (χ3n) is 3.20. The van der Waals surface area contributed by atoms with E-state index >= 15 is 0 Å². The lowest BCUT2D eigenvalue weighted by molar-refractivity contribution is 0.0787. The summed E-state index contributed by atoms with van der Waals surface area (Å²) in [6.45, 7) is 7.14. The van der Waals surface area contributed by atoms with Crippen molar-refractivity contribution in [1.82, 2.24) is 9.88 Å². The molecule has 4 heteroatoms. The van der Waals surface area contributed by atoms with Crippen LogP contribution in [-0.4, -0.2) is 35.4 Å². The summed E-state index contributed by atoms with van der Waals surface area (Å²) in [5, 5.41) is 3.36. The topological polar surface area (TPSA) is 45.2 Å². The van der Waals surface area contributed by atoms with E-state index in [1.807, 2.05) is 19.2 Å². The number of carbonyl (C=O) groups is 1. The molecule has 0 radical (unpaired) electrons. The van der Waals surface area contributed by atoms with Crippen LogP contribution in [0.15, 0.2) is 18.3 Å². The van der Waals surface area contributed by atoms with Crippen molar-refractivity contribution in [2.45, 2.75) is 46.1 Å². The summed E-state index contributed by atoms with van der Waals surface area (Å²) in [6, 6.07) is 4.12. The molecule has 19 heavy (non-hydrogen) atoms. The largest absolute Gasteiger partial charge is 0.382 e. The highest BCUT2D eigenvalue weighted by Gasteiger charge is 2.13. The summed E-state index contributed by atoms with van der Waals surface area (Å²) in [6.07, 6.45) is 4.83. The number of hydrogen-bond acceptors (Lipinski definition) is 3. The van der Waals surface area contributed by atoms with E-state index in [4.69, 9.17) is 0 Å². The summed E-state index contributed by atoms with van der Waals surface area (Å²) < 4.78 is 0. The first-order chi connectivity index (χ1) is 9.08. The molecule has 1 unspecified atom stereocenters. The van der Waals surface area contributed by atoms with Crippen molar-refractivity contribution in [3.05, 3.63) is 24.0 Å². The smallest absolute Gasteiger partial charge is 0.272 e. The van der Waals surface area contributed by atoms with Gasteiger partial charge < -0.3 is 10.2 Å². The Morgan fingerprint density at radius 3 is 2.84 bits per heavy atom. The zero-order chi connectivity index (χ0) is 14.3. The standard InChI is InChI=1S/C15H25N3O/c1-5-7-10-18(4)15(19)14-11-13(8-9-16-14)17-12(3)6-2/h8-9,11-12H,5-7,10H2,1-4H3,(H,16,17). The molecule has 1 aromatic rings. The highest BCUT2D eigenvalue weighted by Crippen LogP contribution is 2.12. The Hall–Kier alpha value is -1.58. The SMILES string of the molecule is CCCCN(C)C(=O)c1cc(NC(C)CC)ccn1. The van der Waals surface area contributed by atoms with Crippen LogP contribution in [0, 0.1) is 0 Å². The summed E-state index contributed by atoms with van der Waals surface area (Å²) in [4.78, 5) is 18.1. The Labute approximate surface area is 116 Å². The van der Waals surface area contributed by atoms with E-state index in [0.29, 0.717) is 11.7 Å². The first kappa shape index (κ1) is 15.5. The number of nitrogens with zero attached hydrogens (tertiary/aromatic N) is 2. The lowest BCUT2D eigenvalue weighted by atomic mass is 10.2. The van der Waals surface area contributed by atoms with Crippen molar-refractivity contribution in [2.24, 2.45) is 0 Å². The van der Waals surface area contributed by atoms with Gasteiger partial charge in [-0.2, -0.15) is 0 Å². The van der Waals surface area contributed by atoms with Crippen LogP contribution in [0.3, 0.4) is 0 Å². The number of pyridine rings is 1. The van der Waals surface area contributed by atoms with Crippen LogP contribution in [0.25, 0.3) is 0 Å². The third kappa shape index (κ3) is 4.89. The Balaban J connectivity index is 2.72. The molecule has 4 nitrogen and oxygen atoms in total. The van der Waals surface area contributed by atoms with Gasteiger partial charge in [0.2, 0.25) is 0 Å². The molecule has 0 spiro atoms. The molecule has 0 fully saturated rings. The second-order valence-electron chi connectivity index (χ2n) is 4.96. The highest BCUT2D eigenvalue weighted by atomic mass is 16.2. The molecule has 1 rings (SSSR count). The molecule has 0 aliphatic heterocycles. The zero-order valence-corrected chi connectivity index (χ0v) is 12.4. The molecular weight excluding hydrogens is 238 g/mol. The van der Waals surface area contributed by atoms with Gasteiger partial charge in [-0.3, -0.25) is 9.78 Å². The predicted molar refractivity (Wildman–Crippen MR) is 79.5 cm³/mol. The van der Waals surface area contributed by atoms with Crippen molar-refractivity contribution in [2.75, 3.05) is 18.9 Å². The average molecular weight is 263 g/mol. The van der Waals surface area contributed by atoms with Crippen molar-refractivity contribution < 1.29 is 4.79 Å². The molecule has 0 bridgehead atoms. The van der Waals surface area contributed by atoms with Crippen LogP contribution in [0.5, 0.6) is 0 Å². The Morgan fingerprint density at radius 2 is 2.21 bits per heavy atom. The van der Waals surface area contributed by atoms with E-state index in [1.54, 1.807) is 11.1 Å². The van der Waals surface area contributed by atoms with Crippen LogP contribution in [0.2, 0.25) is 0 Å². The highest BCUT2D eigenvalue weighted by molar-refractivity contribution is 5.92. The Kier molecular flexibility index (Phi) is 6.33. The molecule has 0 saturated heterocycles. The van der Waals surface area contributed by atoms with Gasteiger partial charge in [0.15, 0.2) is 0 Å². The number of aromatic nitrogens is 1. The lowest BCUT2D eigenvalue weighted by Gasteiger charge is -2.17. The number of unbranched alkanes of at least 4 members (excludes halogenated alkanes) is 1. The molecule has 0 aliphatic rings. The molecule has 1 N–H and O–H groups in total. The van der Waals surface area contributed by atoms with Crippen molar-refractivity contribution in [3.8, 4) is 0 Å². The van der Waals surface area contributed by atoms with Crippen LogP contribution in [-0.2, 0) is 0 Å². The normalized spacial score (nSPS) is 12.0. The zero-order valence-electron chi connectivity index (χ0n) is 12.4. The molecule has 1 aromatic heterocycles. The third-order valence-corrected chi connectivity index (χ3v) is 3.20. The van der Waals surface area contributed by atoms with Crippen molar-refractivity contribution >= 4 is 11.6 Å². The van der Waals surface area contributed by atoms with Gasteiger partial charge in [-0.1, -0.05) is 20.3 Å². The lowest BCUT2D eigenvalue weighted by Crippen LogP contribution is -2.28. The fourth-order valence-electron chi connectivity index (χ4n) is 1.72. The second-order valence-corrected chi connectivity index (χ2v) is 4.96. The molecule has 0 aliphatic carbocycles. The number of nitrogens with one attached hydrogen (secondary N) is 1. The van der Waals surface area contributed by atoms with Crippen LogP contribution in [0.1, 0.15) is 50.5 Å². The maximum absolute atomic E-state index is 12.2. The monoisotopic (exact) mass is 263 g/mol. The number of hydrogen-bond donors (Lipinski definition) is 1. The molecule has 0 saturated carbocycles. The predicted octanol–water partition coefficient (Wildman–Crippen LogP) is 3.16. The maximum Gasteiger partial charge on any atom is 0.272 e. The van der Waals surface area contributed by atoms with Gasteiger partial charge in [0.05, 0.1) is 0 Å². The van der Waals surface area contributed by atoms with Gasteiger partial charge in [-0.25, -0.2) is 0 Å². The van der Waals surface area contributed by atoms with E-state index < -0.39 is 0 Å². The Morgan fingerprint density at radius 1 is 1.47 bits per heavy atom. The van der Waals surface area contributed by atoms with Gasteiger partial charge in [0.1, 0.15) is 5.69 Å². The van der Waals surface area contributed by atoms with E-state index in [1.165, 1.54) is 0 Å². The molecular formula is C15H25N3O. The first-order valence-corrected chi connectivity index (χ1v) is 7.06. The number of amides is 1. The second kappa shape index (κ2) is 7.77.